The molecule has 0 N–H and O–H groups in total. The van der Waals surface area contributed by atoms with Crippen LogP contribution in [0.5, 0.6) is 5.75 Å². The highest BCUT2D eigenvalue weighted by molar-refractivity contribution is 5.27. The van der Waals surface area contributed by atoms with E-state index in [-0.39, 0.29) is 5.75 Å². The lowest BCUT2D eigenvalue weighted by molar-refractivity contribution is -0.274. The summed E-state index contributed by atoms with van der Waals surface area (Å²) in [6, 6.07) is 8.44. The zero-order chi connectivity index (χ0) is 12.3. The van der Waals surface area contributed by atoms with Gasteiger partial charge >= 0.3 is 6.36 Å². The van der Waals surface area contributed by atoms with Gasteiger partial charge in [-0.25, -0.2) is 0 Å². The monoisotopic (exact) mass is 241 g/mol. The van der Waals surface area contributed by atoms with Crippen LogP contribution in [0.4, 0.5) is 13.2 Å². The normalized spacial score (nSPS) is 11.5. The Balaban J connectivity index is 2.03. The van der Waals surface area contributed by atoms with Crippen LogP contribution < -0.4 is 4.74 Å². The summed E-state index contributed by atoms with van der Waals surface area (Å²) in [5, 5.41) is 3.94. The first kappa shape index (κ1) is 11.5. The maximum absolute atomic E-state index is 11.9. The van der Waals surface area contributed by atoms with E-state index in [9.17, 15) is 13.2 Å². The van der Waals surface area contributed by atoms with Crippen LogP contribution in [0, 0.1) is 6.07 Å². The van der Waals surface area contributed by atoms with Gasteiger partial charge in [0.15, 0.2) is 0 Å². The molecule has 0 fully saturated rings. The number of hydrogen-bond acceptors (Lipinski definition) is 2. The minimum Gasteiger partial charge on any atom is -0.406 e. The number of rotatable bonds is 3. The summed E-state index contributed by atoms with van der Waals surface area (Å²) in [5.41, 5.74) is 0.830. The maximum atomic E-state index is 11.9. The standard InChI is InChI=1S/C11H8F3N2O/c12-11(13,14)17-10-4-2-9(3-5-10)8-16-7-1-6-15-16/h2-7H,8H2. The molecule has 0 amide bonds. The van der Waals surface area contributed by atoms with E-state index in [1.807, 2.05) is 0 Å². The third-order valence-corrected chi connectivity index (χ3v) is 2.01. The van der Waals surface area contributed by atoms with Gasteiger partial charge in [-0.2, -0.15) is 5.10 Å². The lowest BCUT2D eigenvalue weighted by Crippen LogP contribution is -2.17. The molecule has 1 aromatic heterocycles. The van der Waals surface area contributed by atoms with Crippen LogP contribution in [-0.4, -0.2) is 16.1 Å². The van der Waals surface area contributed by atoms with E-state index in [1.165, 1.54) is 18.3 Å². The molecule has 0 aliphatic carbocycles. The fourth-order valence-corrected chi connectivity index (χ4v) is 1.33. The summed E-state index contributed by atoms with van der Waals surface area (Å²) in [5.74, 6) is -0.228. The van der Waals surface area contributed by atoms with Crippen molar-refractivity contribution in [3.63, 3.8) is 0 Å². The van der Waals surface area contributed by atoms with Crippen molar-refractivity contribution >= 4 is 0 Å². The summed E-state index contributed by atoms with van der Waals surface area (Å²) in [4.78, 5) is 0. The van der Waals surface area contributed by atoms with E-state index >= 15 is 0 Å². The van der Waals surface area contributed by atoms with Crippen molar-refractivity contribution < 1.29 is 17.9 Å². The summed E-state index contributed by atoms with van der Waals surface area (Å²) in [7, 11) is 0. The zero-order valence-corrected chi connectivity index (χ0v) is 8.61. The second-order valence-corrected chi connectivity index (χ2v) is 3.33. The molecule has 3 nitrogen and oxygen atoms in total. The third kappa shape index (κ3) is 3.51. The van der Waals surface area contributed by atoms with Crippen molar-refractivity contribution in [2.75, 3.05) is 0 Å². The Morgan fingerprint density at radius 3 is 2.47 bits per heavy atom. The number of alkyl halides is 3. The lowest BCUT2D eigenvalue weighted by atomic mass is 10.2. The van der Waals surface area contributed by atoms with E-state index in [4.69, 9.17) is 0 Å². The molecule has 0 saturated heterocycles. The highest BCUT2D eigenvalue weighted by Crippen LogP contribution is 2.22. The lowest BCUT2D eigenvalue weighted by Gasteiger charge is -2.09. The molecule has 6 heteroatoms. The number of aromatic nitrogens is 2. The van der Waals surface area contributed by atoms with Crippen LogP contribution in [0.2, 0.25) is 0 Å². The number of hydrogen-bond donors (Lipinski definition) is 0. The molecule has 0 aliphatic rings. The Morgan fingerprint density at radius 2 is 1.94 bits per heavy atom. The van der Waals surface area contributed by atoms with Gasteiger partial charge in [0.25, 0.3) is 0 Å². The Labute approximate surface area is 95.4 Å². The fourth-order valence-electron chi connectivity index (χ4n) is 1.33. The SMILES string of the molecule is FC(F)(F)Oc1ccc(Cn2c[c]cn2)cc1. The van der Waals surface area contributed by atoms with Gasteiger partial charge in [-0.05, 0) is 17.7 Å². The second-order valence-electron chi connectivity index (χ2n) is 3.33. The number of halogens is 3. The Morgan fingerprint density at radius 1 is 1.24 bits per heavy atom. The molecule has 1 aromatic carbocycles. The number of nitrogens with zero attached hydrogens (tertiary/aromatic N) is 2. The van der Waals surface area contributed by atoms with Gasteiger partial charge in [0, 0.05) is 12.3 Å². The molecule has 2 aromatic rings. The van der Waals surface area contributed by atoms with Crippen LogP contribution in [0.25, 0.3) is 0 Å². The summed E-state index contributed by atoms with van der Waals surface area (Å²) >= 11 is 0. The maximum Gasteiger partial charge on any atom is 0.573 e. The molecular weight excluding hydrogens is 233 g/mol. The van der Waals surface area contributed by atoms with Crippen LogP contribution in [-0.2, 0) is 6.54 Å². The topological polar surface area (TPSA) is 27.1 Å². The first-order chi connectivity index (χ1) is 8.03. The third-order valence-electron chi connectivity index (χ3n) is 2.01. The molecule has 2 rings (SSSR count). The minimum absolute atomic E-state index is 0.228. The highest BCUT2D eigenvalue weighted by atomic mass is 19.4. The smallest absolute Gasteiger partial charge is 0.406 e. The van der Waals surface area contributed by atoms with Crippen LogP contribution in [0.15, 0.2) is 36.7 Å². The molecule has 0 aliphatic heterocycles. The van der Waals surface area contributed by atoms with Crippen LogP contribution in [0.3, 0.4) is 0 Å². The number of benzene rings is 1. The van der Waals surface area contributed by atoms with Crippen LogP contribution in [0.1, 0.15) is 5.56 Å². The average molecular weight is 241 g/mol. The molecule has 0 atom stereocenters. The molecule has 89 valence electrons. The van der Waals surface area contributed by atoms with Gasteiger partial charge in [-0.15, -0.1) is 13.2 Å². The first-order valence-corrected chi connectivity index (χ1v) is 4.76. The van der Waals surface area contributed by atoms with Crippen molar-refractivity contribution in [2.45, 2.75) is 12.9 Å². The molecule has 17 heavy (non-hydrogen) atoms. The Hall–Kier alpha value is -1.98. The van der Waals surface area contributed by atoms with Gasteiger partial charge in [-0.3, -0.25) is 4.68 Å². The fraction of sp³-hybridized carbons (Fsp3) is 0.182. The Bertz CT molecular complexity index is 462. The zero-order valence-electron chi connectivity index (χ0n) is 8.61. The largest absolute Gasteiger partial charge is 0.573 e. The van der Waals surface area contributed by atoms with Gasteiger partial charge in [0.05, 0.1) is 12.7 Å². The summed E-state index contributed by atoms with van der Waals surface area (Å²) in [6.07, 6.45) is -1.49. The van der Waals surface area contributed by atoms with E-state index in [2.05, 4.69) is 15.9 Å². The van der Waals surface area contributed by atoms with Crippen molar-refractivity contribution in [3.8, 4) is 5.75 Å². The molecule has 0 bridgehead atoms. The van der Waals surface area contributed by atoms with Crippen LogP contribution >= 0.6 is 0 Å². The van der Waals surface area contributed by atoms with E-state index < -0.39 is 6.36 Å². The van der Waals surface area contributed by atoms with Crippen molar-refractivity contribution in [3.05, 3.63) is 48.3 Å². The Kier molecular flexibility index (Phi) is 3.03. The van der Waals surface area contributed by atoms with Crippen molar-refractivity contribution in [2.24, 2.45) is 0 Å². The molecule has 1 heterocycles. The second kappa shape index (κ2) is 4.48. The quantitative estimate of drug-likeness (QED) is 0.825. The molecule has 0 spiro atoms. The van der Waals surface area contributed by atoms with Gasteiger partial charge in [0.2, 0.25) is 0 Å². The molecule has 0 saturated carbocycles. The van der Waals surface area contributed by atoms with Crippen molar-refractivity contribution in [1.82, 2.24) is 9.78 Å². The predicted octanol–water partition coefficient (Wildman–Crippen LogP) is 2.63. The average Bonchev–Trinajstić information content (AvgIpc) is 2.71. The summed E-state index contributed by atoms with van der Waals surface area (Å²) in [6.45, 7) is 0.482. The van der Waals surface area contributed by atoms with E-state index in [0.717, 1.165) is 5.56 Å². The van der Waals surface area contributed by atoms with Gasteiger partial charge < -0.3 is 4.74 Å². The molecule has 1 radical (unpaired) electrons. The van der Waals surface area contributed by atoms with Crippen molar-refractivity contribution in [1.29, 1.82) is 0 Å². The predicted molar refractivity (Wildman–Crippen MR) is 53.3 cm³/mol. The van der Waals surface area contributed by atoms with E-state index in [0.29, 0.717) is 6.54 Å². The van der Waals surface area contributed by atoms with Gasteiger partial charge in [0.1, 0.15) is 5.75 Å². The first-order valence-electron chi connectivity index (χ1n) is 4.76. The molecule has 0 unspecified atom stereocenters. The number of ether oxygens (including phenoxy) is 1. The van der Waals surface area contributed by atoms with E-state index in [1.54, 1.807) is 23.0 Å². The summed E-state index contributed by atoms with van der Waals surface area (Å²) < 4.78 is 41.1. The highest BCUT2D eigenvalue weighted by Gasteiger charge is 2.30. The van der Waals surface area contributed by atoms with Gasteiger partial charge in [-0.1, -0.05) is 12.1 Å². The minimum atomic E-state index is -4.65. The molecular formula is C11H8F3N2O.